The third-order valence-corrected chi connectivity index (χ3v) is 4.84. The van der Waals surface area contributed by atoms with E-state index >= 15 is 0 Å². The summed E-state index contributed by atoms with van der Waals surface area (Å²) in [5.41, 5.74) is 1.25. The minimum atomic E-state index is 0.292. The van der Waals surface area contributed by atoms with Gasteiger partial charge in [0.25, 0.3) is 0 Å². The molecule has 0 amide bonds. The lowest BCUT2D eigenvalue weighted by Crippen LogP contribution is -2.18. The predicted molar refractivity (Wildman–Crippen MR) is 84.8 cm³/mol. The van der Waals surface area contributed by atoms with Crippen molar-refractivity contribution in [3.8, 4) is 5.75 Å². The Kier molecular flexibility index (Phi) is 5.82. The number of aromatic nitrogens is 2. The standard InChI is InChI=1S/C14H19N3OS2/c1-4-18-12-7-5-11(6-8-12)13(15-3)9-19-14-16-10(2)17-20-14/h5-8,13,15H,4,9H2,1-3H3. The molecule has 0 aliphatic heterocycles. The third-order valence-electron chi connectivity index (χ3n) is 2.82. The first-order chi connectivity index (χ1) is 9.72. The van der Waals surface area contributed by atoms with Crippen molar-refractivity contribution < 1.29 is 4.74 Å². The molecule has 1 aromatic carbocycles. The summed E-state index contributed by atoms with van der Waals surface area (Å²) in [7, 11) is 1.98. The van der Waals surface area contributed by atoms with E-state index in [0.717, 1.165) is 21.7 Å². The van der Waals surface area contributed by atoms with E-state index in [0.29, 0.717) is 12.6 Å². The average molecular weight is 309 g/mol. The highest BCUT2D eigenvalue weighted by Gasteiger charge is 2.11. The quantitative estimate of drug-likeness (QED) is 0.795. The number of ether oxygens (including phenoxy) is 1. The molecular weight excluding hydrogens is 290 g/mol. The number of nitrogens with zero attached hydrogens (tertiary/aromatic N) is 2. The molecule has 1 aromatic heterocycles. The maximum Gasteiger partial charge on any atom is 0.170 e. The van der Waals surface area contributed by atoms with Gasteiger partial charge in [-0.15, -0.1) is 0 Å². The van der Waals surface area contributed by atoms with Crippen molar-refractivity contribution in [3.63, 3.8) is 0 Å². The van der Waals surface area contributed by atoms with Gasteiger partial charge in [0.2, 0.25) is 0 Å². The fourth-order valence-corrected chi connectivity index (χ4v) is 3.62. The molecule has 0 fully saturated rings. The molecule has 2 rings (SSSR count). The molecule has 1 atom stereocenters. The van der Waals surface area contributed by atoms with E-state index in [2.05, 4.69) is 26.8 Å². The van der Waals surface area contributed by atoms with E-state index in [1.54, 1.807) is 11.8 Å². The lowest BCUT2D eigenvalue weighted by Gasteiger charge is -2.16. The number of hydrogen-bond donors (Lipinski definition) is 1. The number of hydrogen-bond acceptors (Lipinski definition) is 6. The van der Waals surface area contributed by atoms with Crippen molar-refractivity contribution >= 4 is 23.3 Å². The van der Waals surface area contributed by atoms with Gasteiger partial charge in [0, 0.05) is 11.8 Å². The van der Waals surface area contributed by atoms with Gasteiger partial charge in [-0.2, -0.15) is 4.37 Å². The van der Waals surface area contributed by atoms with Crippen molar-refractivity contribution in [1.82, 2.24) is 14.7 Å². The minimum absolute atomic E-state index is 0.292. The normalized spacial score (nSPS) is 12.3. The third kappa shape index (κ3) is 4.19. The van der Waals surface area contributed by atoms with Crippen LogP contribution in [0.4, 0.5) is 0 Å². The highest BCUT2D eigenvalue weighted by atomic mass is 32.2. The Balaban J connectivity index is 1.96. The first kappa shape index (κ1) is 15.3. The Labute approximate surface area is 128 Å². The van der Waals surface area contributed by atoms with Gasteiger partial charge in [-0.05, 0) is 50.1 Å². The van der Waals surface area contributed by atoms with Crippen LogP contribution in [0.15, 0.2) is 28.6 Å². The van der Waals surface area contributed by atoms with E-state index < -0.39 is 0 Å². The van der Waals surface area contributed by atoms with E-state index in [9.17, 15) is 0 Å². The Morgan fingerprint density at radius 2 is 2.10 bits per heavy atom. The Hall–Kier alpha value is -1.11. The molecule has 6 heteroatoms. The van der Waals surface area contributed by atoms with Crippen LogP contribution in [0.2, 0.25) is 0 Å². The number of benzene rings is 1. The second kappa shape index (κ2) is 7.61. The molecule has 1 N–H and O–H groups in total. The van der Waals surface area contributed by atoms with E-state index in [1.807, 2.05) is 33.0 Å². The Bertz CT molecular complexity index is 527. The largest absolute Gasteiger partial charge is 0.494 e. The van der Waals surface area contributed by atoms with E-state index in [1.165, 1.54) is 17.1 Å². The highest BCUT2D eigenvalue weighted by Crippen LogP contribution is 2.26. The molecular formula is C14H19N3OS2. The van der Waals surface area contributed by atoms with Crippen LogP contribution in [0, 0.1) is 6.92 Å². The Morgan fingerprint density at radius 1 is 1.35 bits per heavy atom. The first-order valence-electron chi connectivity index (χ1n) is 6.56. The maximum absolute atomic E-state index is 5.46. The van der Waals surface area contributed by atoms with E-state index in [-0.39, 0.29) is 0 Å². The maximum atomic E-state index is 5.46. The number of rotatable bonds is 7. The zero-order valence-corrected chi connectivity index (χ0v) is 13.6. The van der Waals surface area contributed by atoms with Crippen molar-refractivity contribution in [3.05, 3.63) is 35.7 Å². The summed E-state index contributed by atoms with van der Waals surface area (Å²) in [6.07, 6.45) is 0. The lowest BCUT2D eigenvalue weighted by atomic mass is 10.1. The number of aryl methyl sites for hydroxylation is 1. The second-order valence-electron chi connectivity index (χ2n) is 4.26. The molecule has 20 heavy (non-hydrogen) atoms. The molecule has 0 saturated carbocycles. The summed E-state index contributed by atoms with van der Waals surface area (Å²) in [4.78, 5) is 4.37. The first-order valence-corrected chi connectivity index (χ1v) is 8.32. The molecule has 1 heterocycles. The molecule has 0 aliphatic carbocycles. The molecule has 2 aromatic rings. The van der Waals surface area contributed by atoms with E-state index in [4.69, 9.17) is 4.74 Å². The van der Waals surface area contributed by atoms with Crippen LogP contribution in [0.25, 0.3) is 0 Å². The van der Waals surface area contributed by atoms with Crippen LogP contribution in [0.3, 0.4) is 0 Å². The van der Waals surface area contributed by atoms with Crippen molar-refractivity contribution in [2.24, 2.45) is 0 Å². The van der Waals surface area contributed by atoms with Gasteiger partial charge in [-0.1, -0.05) is 23.9 Å². The van der Waals surface area contributed by atoms with Gasteiger partial charge in [0.15, 0.2) is 4.34 Å². The molecule has 4 nitrogen and oxygen atoms in total. The Morgan fingerprint density at radius 3 is 2.65 bits per heavy atom. The summed E-state index contributed by atoms with van der Waals surface area (Å²) in [6, 6.07) is 8.54. The summed E-state index contributed by atoms with van der Waals surface area (Å²) in [5, 5.41) is 3.34. The van der Waals surface area contributed by atoms with Gasteiger partial charge < -0.3 is 10.1 Å². The van der Waals surface area contributed by atoms with Crippen LogP contribution in [0.5, 0.6) is 5.75 Å². The predicted octanol–water partition coefficient (Wildman–Crippen LogP) is 3.30. The van der Waals surface area contributed by atoms with Crippen molar-refractivity contribution in [1.29, 1.82) is 0 Å². The van der Waals surface area contributed by atoms with Crippen molar-refractivity contribution in [2.75, 3.05) is 19.4 Å². The zero-order chi connectivity index (χ0) is 14.4. The summed E-state index contributed by atoms with van der Waals surface area (Å²) in [6.45, 7) is 4.61. The summed E-state index contributed by atoms with van der Waals surface area (Å²) in [5.74, 6) is 2.69. The molecule has 0 radical (unpaired) electrons. The second-order valence-corrected chi connectivity index (χ2v) is 6.28. The average Bonchev–Trinajstić information content (AvgIpc) is 2.87. The monoisotopic (exact) mass is 309 g/mol. The van der Waals surface area contributed by atoms with Gasteiger partial charge in [0.1, 0.15) is 11.6 Å². The fraction of sp³-hybridized carbons (Fsp3) is 0.429. The molecule has 0 aliphatic rings. The molecule has 1 unspecified atom stereocenters. The number of thioether (sulfide) groups is 1. The molecule has 108 valence electrons. The van der Waals surface area contributed by atoms with Crippen LogP contribution >= 0.6 is 23.3 Å². The van der Waals surface area contributed by atoms with Crippen LogP contribution < -0.4 is 10.1 Å². The van der Waals surface area contributed by atoms with Gasteiger partial charge in [-0.3, -0.25) is 0 Å². The van der Waals surface area contributed by atoms with Crippen LogP contribution in [-0.4, -0.2) is 28.8 Å². The highest BCUT2D eigenvalue weighted by molar-refractivity contribution is 8.00. The molecule has 0 spiro atoms. The summed E-state index contributed by atoms with van der Waals surface area (Å²) < 4.78 is 10.7. The summed E-state index contributed by atoms with van der Waals surface area (Å²) >= 11 is 3.19. The van der Waals surface area contributed by atoms with Crippen LogP contribution in [0.1, 0.15) is 24.4 Å². The SMILES string of the molecule is CCOc1ccc(C(CSc2nc(C)ns2)NC)cc1. The molecule has 0 bridgehead atoms. The van der Waals surface area contributed by atoms with Crippen LogP contribution in [-0.2, 0) is 0 Å². The topological polar surface area (TPSA) is 47.0 Å². The minimum Gasteiger partial charge on any atom is -0.494 e. The fourth-order valence-electron chi connectivity index (χ4n) is 1.80. The number of nitrogens with one attached hydrogen (secondary N) is 1. The smallest absolute Gasteiger partial charge is 0.170 e. The van der Waals surface area contributed by atoms with Crippen molar-refractivity contribution in [2.45, 2.75) is 24.2 Å². The van der Waals surface area contributed by atoms with Gasteiger partial charge in [-0.25, -0.2) is 4.98 Å². The van der Waals surface area contributed by atoms with Gasteiger partial charge in [0.05, 0.1) is 6.61 Å². The molecule has 0 saturated heterocycles. The van der Waals surface area contributed by atoms with Gasteiger partial charge >= 0.3 is 0 Å². The lowest BCUT2D eigenvalue weighted by molar-refractivity contribution is 0.340. The zero-order valence-electron chi connectivity index (χ0n) is 11.9.